The number of pyridine rings is 1. The number of nitrogens with zero attached hydrogens (tertiary/aromatic N) is 2. The summed E-state index contributed by atoms with van der Waals surface area (Å²) in [5, 5.41) is 3.94. The van der Waals surface area contributed by atoms with Crippen molar-refractivity contribution in [1.82, 2.24) is 4.98 Å². The van der Waals surface area contributed by atoms with Gasteiger partial charge in [-0.15, -0.1) is 0 Å². The Morgan fingerprint density at radius 2 is 1.96 bits per heavy atom. The van der Waals surface area contributed by atoms with Crippen LogP contribution in [0.3, 0.4) is 0 Å². The molecule has 1 heterocycles. The molecule has 0 aliphatic carbocycles. The van der Waals surface area contributed by atoms with Crippen molar-refractivity contribution in [2.75, 3.05) is 5.43 Å². The fourth-order valence-electron chi connectivity index (χ4n) is 1.66. The van der Waals surface area contributed by atoms with E-state index in [1.165, 1.54) is 0 Å². The summed E-state index contributed by atoms with van der Waals surface area (Å²) in [4.78, 5) is 3.66. The monoisotopic (exact) mass is 469 g/mol. The maximum absolute atomic E-state index is 12.6. The molecule has 0 fully saturated rings. The average molecular weight is 472 g/mol. The number of anilines is 1. The van der Waals surface area contributed by atoms with E-state index in [0.717, 1.165) is 20.6 Å². The zero-order valence-corrected chi connectivity index (χ0v) is 15.5. The van der Waals surface area contributed by atoms with Crippen LogP contribution in [0.25, 0.3) is 0 Å². The van der Waals surface area contributed by atoms with E-state index in [4.69, 9.17) is 11.6 Å². The molecular weight excluding hydrogens is 462 g/mol. The minimum absolute atomic E-state index is 0.0484. The van der Waals surface area contributed by atoms with E-state index in [-0.39, 0.29) is 10.8 Å². The molecule has 0 spiro atoms. The maximum atomic E-state index is 12.6. The van der Waals surface area contributed by atoms with E-state index >= 15 is 0 Å². The maximum Gasteiger partial charge on any atom is 0.417 e. The number of hydrogen-bond acceptors (Lipinski definition) is 3. The molecule has 9 heteroatoms. The normalized spacial score (nSPS) is 12.4. The number of nitrogens with one attached hydrogen (secondary N) is 1. The zero-order chi connectivity index (χ0) is 17.2. The number of halogens is 6. The second kappa shape index (κ2) is 7.19. The van der Waals surface area contributed by atoms with Gasteiger partial charge in [-0.2, -0.15) is 18.3 Å². The summed E-state index contributed by atoms with van der Waals surface area (Å²) in [6.45, 7) is 1.75. The number of aromatic nitrogens is 1. The molecule has 0 bridgehead atoms. The first kappa shape index (κ1) is 18.2. The van der Waals surface area contributed by atoms with Gasteiger partial charge < -0.3 is 0 Å². The second-order valence-corrected chi connectivity index (χ2v) is 6.66. The van der Waals surface area contributed by atoms with Gasteiger partial charge in [0.15, 0.2) is 5.82 Å². The van der Waals surface area contributed by atoms with Gasteiger partial charge in [0.1, 0.15) is 0 Å². The third-order valence-corrected chi connectivity index (χ3v) is 4.26. The van der Waals surface area contributed by atoms with Crippen LogP contribution in [-0.2, 0) is 6.18 Å². The van der Waals surface area contributed by atoms with Crippen molar-refractivity contribution in [3.8, 4) is 0 Å². The van der Waals surface area contributed by atoms with Crippen LogP contribution in [-0.4, -0.2) is 10.7 Å². The molecule has 122 valence electrons. The Kier molecular flexibility index (Phi) is 5.70. The van der Waals surface area contributed by atoms with E-state index in [0.29, 0.717) is 11.9 Å². The van der Waals surface area contributed by atoms with Crippen molar-refractivity contribution in [3.63, 3.8) is 0 Å². The van der Waals surface area contributed by atoms with E-state index in [1.807, 2.05) is 18.2 Å². The van der Waals surface area contributed by atoms with E-state index in [9.17, 15) is 13.2 Å². The van der Waals surface area contributed by atoms with Crippen molar-refractivity contribution in [2.24, 2.45) is 5.10 Å². The van der Waals surface area contributed by atoms with Gasteiger partial charge in [0, 0.05) is 20.7 Å². The summed E-state index contributed by atoms with van der Waals surface area (Å²) >= 11 is 12.6. The molecule has 3 nitrogen and oxygen atoms in total. The van der Waals surface area contributed by atoms with E-state index in [1.54, 1.807) is 6.92 Å². The molecule has 2 rings (SSSR count). The van der Waals surface area contributed by atoms with Crippen LogP contribution in [0.1, 0.15) is 18.1 Å². The summed E-state index contributed by atoms with van der Waals surface area (Å²) in [6.07, 6.45) is -3.79. The average Bonchev–Trinajstić information content (AvgIpc) is 2.44. The van der Waals surface area contributed by atoms with Gasteiger partial charge >= 0.3 is 6.18 Å². The van der Waals surface area contributed by atoms with Crippen LogP contribution in [0.5, 0.6) is 0 Å². The molecule has 0 aliphatic rings. The predicted octanol–water partition coefficient (Wildman–Crippen LogP) is 6.11. The molecule has 2 aromatic rings. The summed E-state index contributed by atoms with van der Waals surface area (Å²) in [7, 11) is 0. The number of rotatable bonds is 3. The van der Waals surface area contributed by atoms with Gasteiger partial charge in [0.05, 0.1) is 16.3 Å². The summed E-state index contributed by atoms with van der Waals surface area (Å²) in [6, 6.07) is 6.36. The lowest BCUT2D eigenvalue weighted by Crippen LogP contribution is -2.07. The first-order chi connectivity index (χ1) is 10.7. The number of alkyl halides is 3. The van der Waals surface area contributed by atoms with Gasteiger partial charge in [-0.05, 0) is 25.1 Å². The Balaban J connectivity index is 2.22. The standard InChI is InChI=1S/C14H9Br2ClF3N3/c1-7(10-3-2-9(15)5-11(10)16)22-23-13-12(17)4-8(6-21-13)14(18,19)20/h2-6H,1H3,(H,21,23)/b22-7-. The highest BCUT2D eigenvalue weighted by atomic mass is 79.9. The van der Waals surface area contributed by atoms with Crippen molar-refractivity contribution in [2.45, 2.75) is 13.1 Å². The fraction of sp³-hybridized carbons (Fsp3) is 0.143. The molecule has 1 aromatic heterocycles. The molecule has 1 aromatic carbocycles. The van der Waals surface area contributed by atoms with Gasteiger partial charge in [-0.3, -0.25) is 5.43 Å². The SMILES string of the molecule is C/C(=N/Nc1ncc(C(F)(F)F)cc1Cl)c1ccc(Br)cc1Br. The largest absolute Gasteiger partial charge is 0.417 e. The van der Waals surface area contributed by atoms with Crippen molar-refractivity contribution in [3.05, 3.63) is 55.6 Å². The smallest absolute Gasteiger partial charge is 0.260 e. The van der Waals surface area contributed by atoms with Crippen LogP contribution in [0, 0.1) is 0 Å². The predicted molar refractivity (Wildman–Crippen MR) is 91.9 cm³/mol. The lowest BCUT2D eigenvalue weighted by atomic mass is 10.1. The summed E-state index contributed by atoms with van der Waals surface area (Å²) in [5.74, 6) is 0.0484. The fourth-order valence-corrected chi connectivity index (χ4v) is 3.20. The topological polar surface area (TPSA) is 37.3 Å². The van der Waals surface area contributed by atoms with Gasteiger partial charge in [0.25, 0.3) is 0 Å². The summed E-state index contributed by atoms with van der Waals surface area (Å²) < 4.78 is 39.4. The Morgan fingerprint density at radius 3 is 2.52 bits per heavy atom. The number of hydrazone groups is 1. The molecule has 1 N–H and O–H groups in total. The highest BCUT2D eigenvalue weighted by Crippen LogP contribution is 2.32. The molecule has 0 unspecified atom stereocenters. The lowest BCUT2D eigenvalue weighted by molar-refractivity contribution is -0.137. The van der Waals surface area contributed by atoms with Crippen molar-refractivity contribution >= 4 is 55.0 Å². The molecule has 0 saturated carbocycles. The van der Waals surface area contributed by atoms with E-state index in [2.05, 4.69) is 47.4 Å². The van der Waals surface area contributed by atoms with Gasteiger partial charge in [-0.25, -0.2) is 4.98 Å². The second-order valence-electron chi connectivity index (χ2n) is 4.49. The third-order valence-electron chi connectivity index (χ3n) is 2.82. The minimum Gasteiger partial charge on any atom is -0.260 e. The molecular formula is C14H9Br2ClF3N3. The Bertz CT molecular complexity index is 763. The number of benzene rings is 1. The molecule has 0 atom stereocenters. The van der Waals surface area contributed by atoms with Crippen LogP contribution >= 0.6 is 43.5 Å². The molecule has 0 amide bonds. The number of hydrogen-bond donors (Lipinski definition) is 1. The quantitative estimate of drug-likeness (QED) is 0.433. The van der Waals surface area contributed by atoms with Crippen molar-refractivity contribution in [1.29, 1.82) is 0 Å². The van der Waals surface area contributed by atoms with Gasteiger partial charge in [-0.1, -0.05) is 49.5 Å². The van der Waals surface area contributed by atoms with Crippen LogP contribution < -0.4 is 5.43 Å². The third kappa shape index (κ3) is 4.68. The Hall–Kier alpha value is -1.12. The van der Waals surface area contributed by atoms with Crippen LogP contribution in [0.15, 0.2) is 44.5 Å². The molecule has 0 aliphatic heterocycles. The summed E-state index contributed by atoms with van der Waals surface area (Å²) in [5.41, 5.74) is 3.10. The lowest BCUT2D eigenvalue weighted by Gasteiger charge is -2.09. The first-order valence-corrected chi connectivity index (χ1v) is 8.13. The van der Waals surface area contributed by atoms with Crippen LogP contribution in [0.4, 0.5) is 19.0 Å². The Labute approximate surface area is 152 Å². The van der Waals surface area contributed by atoms with Crippen LogP contribution in [0.2, 0.25) is 5.02 Å². The van der Waals surface area contributed by atoms with E-state index < -0.39 is 11.7 Å². The van der Waals surface area contributed by atoms with Gasteiger partial charge in [0.2, 0.25) is 0 Å². The first-order valence-electron chi connectivity index (χ1n) is 6.17. The highest BCUT2D eigenvalue weighted by molar-refractivity contribution is 9.11. The molecule has 0 radical (unpaired) electrons. The highest BCUT2D eigenvalue weighted by Gasteiger charge is 2.31. The zero-order valence-electron chi connectivity index (χ0n) is 11.5. The molecule has 0 saturated heterocycles. The minimum atomic E-state index is -4.49. The Morgan fingerprint density at radius 1 is 1.26 bits per heavy atom. The van der Waals surface area contributed by atoms with Crippen molar-refractivity contribution < 1.29 is 13.2 Å². The molecule has 23 heavy (non-hydrogen) atoms.